The van der Waals surface area contributed by atoms with Gasteiger partial charge in [-0.15, -0.1) is 0 Å². The summed E-state index contributed by atoms with van der Waals surface area (Å²) in [6.07, 6.45) is 4.00. The third-order valence-electron chi connectivity index (χ3n) is 4.55. The molecule has 0 bridgehead atoms. The first-order valence-electron chi connectivity index (χ1n) is 6.75. The minimum Gasteiger partial charge on any atom is -0.313 e. The van der Waals surface area contributed by atoms with Crippen LogP contribution in [0.1, 0.15) is 36.4 Å². The molecule has 17 heavy (non-hydrogen) atoms. The Labute approximate surface area is 104 Å². The van der Waals surface area contributed by atoms with Gasteiger partial charge < -0.3 is 5.32 Å². The molecule has 92 valence electrons. The molecule has 1 heterocycles. The molecule has 1 aromatic carbocycles. The second kappa shape index (κ2) is 4.11. The molecule has 2 heteroatoms. The molecule has 1 saturated carbocycles. The lowest BCUT2D eigenvalue weighted by molar-refractivity contribution is 0.0836. The van der Waals surface area contributed by atoms with Crippen LogP contribution in [0.15, 0.2) is 24.3 Å². The minimum absolute atomic E-state index is 0.354. The van der Waals surface area contributed by atoms with Gasteiger partial charge in [0.25, 0.3) is 0 Å². The molecule has 1 aliphatic heterocycles. The topological polar surface area (TPSA) is 15.3 Å². The monoisotopic (exact) mass is 230 g/mol. The van der Waals surface area contributed by atoms with Crippen molar-refractivity contribution in [3.05, 3.63) is 35.4 Å². The van der Waals surface area contributed by atoms with Crippen LogP contribution in [0, 0.1) is 6.92 Å². The van der Waals surface area contributed by atoms with E-state index < -0.39 is 0 Å². The van der Waals surface area contributed by atoms with Gasteiger partial charge in [0.05, 0.1) is 6.04 Å². The molecule has 1 aromatic rings. The Bertz CT molecular complexity index is 405. The summed E-state index contributed by atoms with van der Waals surface area (Å²) in [6, 6.07) is 9.47. The highest BCUT2D eigenvalue weighted by atomic mass is 15.3. The Kier molecular flexibility index (Phi) is 2.72. The number of likely N-dealkylation sites (N-methyl/N-ethyl adjacent to an activating group) is 1. The normalized spacial score (nSPS) is 24.1. The second-order valence-corrected chi connectivity index (χ2v) is 5.55. The number of benzene rings is 1. The third kappa shape index (κ3) is 1.80. The summed E-state index contributed by atoms with van der Waals surface area (Å²) in [5.41, 5.74) is 3.32. The summed E-state index contributed by atoms with van der Waals surface area (Å²) in [7, 11) is 2.12. The zero-order chi connectivity index (χ0) is 11.9. The van der Waals surface area contributed by atoms with E-state index in [1.165, 1.54) is 43.5 Å². The SMILES string of the molecule is CNC1(C(c2ccccc2C)N2CCC2)CC1. The smallest absolute Gasteiger partial charge is 0.0532 e. The molecule has 2 fully saturated rings. The highest BCUT2D eigenvalue weighted by Gasteiger charge is 2.52. The average molecular weight is 230 g/mol. The Morgan fingerprint density at radius 1 is 1.24 bits per heavy atom. The fourth-order valence-electron chi connectivity index (χ4n) is 3.13. The minimum atomic E-state index is 0.354. The molecule has 1 aliphatic carbocycles. The van der Waals surface area contributed by atoms with Crippen LogP contribution in [0.4, 0.5) is 0 Å². The number of nitrogens with one attached hydrogen (secondary N) is 1. The summed E-state index contributed by atoms with van der Waals surface area (Å²) >= 11 is 0. The lowest BCUT2D eigenvalue weighted by Crippen LogP contribution is -2.50. The van der Waals surface area contributed by atoms with Crippen molar-refractivity contribution in [2.45, 2.75) is 37.8 Å². The summed E-state index contributed by atoms with van der Waals surface area (Å²) < 4.78 is 0. The number of likely N-dealkylation sites (tertiary alicyclic amines) is 1. The maximum Gasteiger partial charge on any atom is 0.0532 e. The zero-order valence-corrected chi connectivity index (χ0v) is 10.9. The van der Waals surface area contributed by atoms with Crippen LogP contribution in [0.3, 0.4) is 0 Å². The lowest BCUT2D eigenvalue weighted by Gasteiger charge is -2.43. The van der Waals surface area contributed by atoms with E-state index in [1.54, 1.807) is 0 Å². The maximum absolute atomic E-state index is 3.59. The van der Waals surface area contributed by atoms with Crippen molar-refractivity contribution in [1.29, 1.82) is 0 Å². The largest absolute Gasteiger partial charge is 0.313 e. The summed E-state index contributed by atoms with van der Waals surface area (Å²) in [5.74, 6) is 0. The van der Waals surface area contributed by atoms with Crippen molar-refractivity contribution >= 4 is 0 Å². The van der Waals surface area contributed by atoms with Crippen LogP contribution in [0.5, 0.6) is 0 Å². The van der Waals surface area contributed by atoms with E-state index >= 15 is 0 Å². The summed E-state index contributed by atoms with van der Waals surface area (Å²) in [6.45, 7) is 4.78. The lowest BCUT2D eigenvalue weighted by atomic mass is 9.90. The fraction of sp³-hybridized carbons (Fsp3) is 0.600. The first-order chi connectivity index (χ1) is 8.27. The van der Waals surface area contributed by atoms with Crippen molar-refractivity contribution in [2.24, 2.45) is 0 Å². The fourth-order valence-corrected chi connectivity index (χ4v) is 3.13. The van der Waals surface area contributed by atoms with Crippen LogP contribution >= 0.6 is 0 Å². The first-order valence-corrected chi connectivity index (χ1v) is 6.75. The molecule has 1 N–H and O–H groups in total. The molecular weight excluding hydrogens is 208 g/mol. The van der Waals surface area contributed by atoms with Crippen LogP contribution < -0.4 is 5.32 Å². The van der Waals surface area contributed by atoms with Gasteiger partial charge in [0.1, 0.15) is 0 Å². The van der Waals surface area contributed by atoms with E-state index in [9.17, 15) is 0 Å². The quantitative estimate of drug-likeness (QED) is 0.855. The molecule has 2 aliphatic rings. The first kappa shape index (κ1) is 11.2. The van der Waals surface area contributed by atoms with Crippen LogP contribution in [0.2, 0.25) is 0 Å². The van der Waals surface area contributed by atoms with E-state index in [-0.39, 0.29) is 0 Å². The second-order valence-electron chi connectivity index (χ2n) is 5.55. The predicted octanol–water partition coefficient (Wildman–Crippen LogP) is 2.49. The Hall–Kier alpha value is -0.860. The molecule has 0 spiro atoms. The maximum atomic E-state index is 3.59. The van der Waals surface area contributed by atoms with Gasteiger partial charge in [0.2, 0.25) is 0 Å². The molecule has 1 atom stereocenters. The average Bonchev–Trinajstić information content (AvgIpc) is 3.05. The van der Waals surface area contributed by atoms with E-state index in [2.05, 4.69) is 48.5 Å². The van der Waals surface area contributed by atoms with Crippen molar-refractivity contribution in [3.63, 3.8) is 0 Å². The molecule has 1 unspecified atom stereocenters. The van der Waals surface area contributed by atoms with E-state index in [4.69, 9.17) is 0 Å². The standard InChI is InChI=1S/C15H22N2/c1-12-6-3-4-7-13(12)14(17-10-5-11-17)15(16-2)8-9-15/h3-4,6-7,14,16H,5,8-11H2,1-2H3. The Morgan fingerprint density at radius 2 is 1.94 bits per heavy atom. The predicted molar refractivity (Wildman–Crippen MR) is 71.1 cm³/mol. The Balaban J connectivity index is 1.96. The van der Waals surface area contributed by atoms with E-state index in [1.807, 2.05) is 0 Å². The number of rotatable bonds is 4. The molecule has 1 saturated heterocycles. The van der Waals surface area contributed by atoms with Gasteiger partial charge in [-0.2, -0.15) is 0 Å². The molecule has 0 radical (unpaired) electrons. The van der Waals surface area contributed by atoms with Gasteiger partial charge >= 0.3 is 0 Å². The van der Waals surface area contributed by atoms with E-state index in [0.717, 1.165) is 0 Å². The van der Waals surface area contributed by atoms with Gasteiger partial charge in [0, 0.05) is 18.6 Å². The third-order valence-corrected chi connectivity index (χ3v) is 4.55. The van der Waals surface area contributed by atoms with Gasteiger partial charge in [-0.05, 0) is 44.4 Å². The van der Waals surface area contributed by atoms with Crippen molar-refractivity contribution in [1.82, 2.24) is 10.2 Å². The number of aryl methyl sites for hydroxylation is 1. The summed E-state index contributed by atoms with van der Waals surface area (Å²) in [4.78, 5) is 2.64. The number of hydrogen-bond acceptors (Lipinski definition) is 2. The molecule has 3 rings (SSSR count). The van der Waals surface area contributed by atoms with E-state index in [0.29, 0.717) is 11.6 Å². The Morgan fingerprint density at radius 3 is 2.41 bits per heavy atom. The molecule has 2 nitrogen and oxygen atoms in total. The van der Waals surface area contributed by atoms with Gasteiger partial charge in [-0.1, -0.05) is 24.3 Å². The van der Waals surface area contributed by atoms with Crippen molar-refractivity contribution < 1.29 is 0 Å². The van der Waals surface area contributed by atoms with Crippen molar-refractivity contribution in [3.8, 4) is 0 Å². The van der Waals surface area contributed by atoms with Gasteiger partial charge in [-0.25, -0.2) is 0 Å². The van der Waals surface area contributed by atoms with Crippen LogP contribution in [-0.4, -0.2) is 30.6 Å². The van der Waals surface area contributed by atoms with Crippen LogP contribution in [-0.2, 0) is 0 Å². The number of hydrogen-bond donors (Lipinski definition) is 1. The highest BCUT2D eigenvalue weighted by Crippen LogP contribution is 2.50. The molecular formula is C15H22N2. The zero-order valence-electron chi connectivity index (χ0n) is 10.9. The van der Waals surface area contributed by atoms with Crippen LogP contribution in [0.25, 0.3) is 0 Å². The molecule has 0 amide bonds. The van der Waals surface area contributed by atoms with Gasteiger partial charge in [0.15, 0.2) is 0 Å². The summed E-state index contributed by atoms with van der Waals surface area (Å²) in [5, 5.41) is 3.59. The van der Waals surface area contributed by atoms with Gasteiger partial charge in [-0.3, -0.25) is 4.90 Å². The van der Waals surface area contributed by atoms with Crippen molar-refractivity contribution in [2.75, 3.05) is 20.1 Å². The highest BCUT2D eigenvalue weighted by molar-refractivity contribution is 5.34. The molecule has 0 aromatic heterocycles. The number of nitrogens with zero attached hydrogens (tertiary/aromatic N) is 1.